The minimum atomic E-state index is -0.0176. The topological polar surface area (TPSA) is 71.0 Å². The summed E-state index contributed by atoms with van der Waals surface area (Å²) in [6.45, 7) is 4.85. The fraction of sp³-hybridized carbons (Fsp3) is 0.476. The Morgan fingerprint density at radius 3 is 2.41 bits per heavy atom. The minimum absolute atomic E-state index is 0.00693. The number of amides is 1. The molecule has 0 atom stereocenters. The van der Waals surface area contributed by atoms with Crippen molar-refractivity contribution in [3.8, 4) is 11.5 Å². The van der Waals surface area contributed by atoms with Crippen LogP contribution in [0, 0.1) is 0 Å². The lowest BCUT2D eigenvalue weighted by Crippen LogP contribution is -2.50. The average Bonchev–Trinajstić information content (AvgIpc) is 3.33. The van der Waals surface area contributed by atoms with E-state index in [1.54, 1.807) is 13.2 Å². The van der Waals surface area contributed by atoms with E-state index in [9.17, 15) is 4.79 Å². The van der Waals surface area contributed by atoms with Crippen molar-refractivity contribution in [2.75, 3.05) is 62.8 Å². The van der Waals surface area contributed by atoms with E-state index in [1.165, 1.54) is 12.8 Å². The van der Waals surface area contributed by atoms with Gasteiger partial charge in [-0.25, -0.2) is 4.98 Å². The lowest BCUT2D eigenvalue weighted by atomic mass is 10.3. The number of methoxy groups -OCH3 is 1. The largest absolute Gasteiger partial charge is 0.493 e. The Labute approximate surface area is 171 Å². The third-order valence-corrected chi connectivity index (χ3v) is 5.39. The summed E-state index contributed by atoms with van der Waals surface area (Å²) in [7, 11) is 1.59. The Bertz CT molecular complexity index is 833. The minimum Gasteiger partial charge on any atom is -0.493 e. The van der Waals surface area contributed by atoms with Crippen molar-refractivity contribution in [1.29, 1.82) is 0 Å². The Hall–Kier alpha value is -3.03. The number of anilines is 2. The number of hydrogen-bond acceptors (Lipinski definition) is 7. The maximum Gasteiger partial charge on any atom is 0.260 e. The van der Waals surface area contributed by atoms with Crippen LogP contribution in [-0.2, 0) is 4.79 Å². The molecule has 8 nitrogen and oxygen atoms in total. The van der Waals surface area contributed by atoms with Crippen molar-refractivity contribution in [1.82, 2.24) is 14.9 Å². The third kappa shape index (κ3) is 4.52. The molecule has 0 spiro atoms. The SMILES string of the molecule is COc1ccccc1OCC(=O)N1CCN(c2ccnc(N3CCCC3)n2)CC1. The second-order valence-electron chi connectivity index (χ2n) is 7.22. The maximum absolute atomic E-state index is 12.6. The van der Waals surface area contributed by atoms with Gasteiger partial charge < -0.3 is 24.2 Å². The summed E-state index contributed by atoms with van der Waals surface area (Å²) < 4.78 is 10.9. The van der Waals surface area contributed by atoms with Gasteiger partial charge in [0.05, 0.1) is 7.11 Å². The lowest BCUT2D eigenvalue weighted by Gasteiger charge is -2.35. The molecule has 1 aromatic carbocycles. The maximum atomic E-state index is 12.6. The molecule has 0 saturated carbocycles. The number of ether oxygens (including phenoxy) is 2. The van der Waals surface area contributed by atoms with Gasteiger partial charge in [0.15, 0.2) is 18.1 Å². The molecule has 29 heavy (non-hydrogen) atoms. The highest BCUT2D eigenvalue weighted by atomic mass is 16.5. The van der Waals surface area contributed by atoms with Gasteiger partial charge in [-0.3, -0.25) is 4.79 Å². The molecular weight excluding hydrogens is 370 g/mol. The molecule has 2 aliphatic heterocycles. The van der Waals surface area contributed by atoms with Crippen LogP contribution >= 0.6 is 0 Å². The summed E-state index contributed by atoms with van der Waals surface area (Å²) in [5, 5.41) is 0. The van der Waals surface area contributed by atoms with E-state index in [4.69, 9.17) is 14.5 Å². The van der Waals surface area contributed by atoms with E-state index < -0.39 is 0 Å². The molecule has 0 radical (unpaired) electrons. The van der Waals surface area contributed by atoms with E-state index in [0.717, 1.165) is 37.9 Å². The molecule has 154 valence electrons. The van der Waals surface area contributed by atoms with Crippen LogP contribution in [0.1, 0.15) is 12.8 Å². The molecule has 8 heteroatoms. The van der Waals surface area contributed by atoms with Crippen LogP contribution in [0.15, 0.2) is 36.5 Å². The molecule has 4 rings (SSSR count). The number of para-hydroxylation sites is 2. The highest BCUT2D eigenvalue weighted by molar-refractivity contribution is 5.78. The Balaban J connectivity index is 1.30. The first kappa shape index (κ1) is 19.3. The predicted molar refractivity (Wildman–Crippen MR) is 111 cm³/mol. The standard InChI is InChI=1S/C21H27N5O3/c1-28-17-6-2-3-7-18(17)29-16-20(27)25-14-12-24(13-15-25)19-8-9-22-21(23-19)26-10-4-5-11-26/h2-3,6-9H,4-5,10-16H2,1H3. The number of benzene rings is 1. The van der Waals surface area contributed by atoms with Gasteiger partial charge in [0, 0.05) is 45.5 Å². The fourth-order valence-electron chi connectivity index (χ4n) is 3.74. The van der Waals surface area contributed by atoms with E-state index in [1.807, 2.05) is 35.4 Å². The van der Waals surface area contributed by atoms with Gasteiger partial charge in [-0.2, -0.15) is 4.98 Å². The number of aromatic nitrogens is 2. The van der Waals surface area contributed by atoms with Crippen molar-refractivity contribution < 1.29 is 14.3 Å². The van der Waals surface area contributed by atoms with E-state index in [0.29, 0.717) is 24.6 Å². The Morgan fingerprint density at radius 2 is 1.69 bits per heavy atom. The van der Waals surface area contributed by atoms with E-state index >= 15 is 0 Å². The van der Waals surface area contributed by atoms with Gasteiger partial charge >= 0.3 is 0 Å². The zero-order valence-corrected chi connectivity index (χ0v) is 16.8. The molecule has 1 amide bonds. The number of carbonyl (C=O) groups excluding carboxylic acids is 1. The fourth-order valence-corrected chi connectivity index (χ4v) is 3.74. The molecule has 0 bridgehead atoms. The summed E-state index contributed by atoms with van der Waals surface area (Å²) in [6.07, 6.45) is 4.23. The van der Waals surface area contributed by atoms with Gasteiger partial charge in [0.25, 0.3) is 5.91 Å². The molecule has 0 unspecified atom stereocenters. The second kappa shape index (κ2) is 8.98. The van der Waals surface area contributed by atoms with Gasteiger partial charge in [0.1, 0.15) is 5.82 Å². The molecule has 2 saturated heterocycles. The molecule has 1 aromatic heterocycles. The van der Waals surface area contributed by atoms with Crippen LogP contribution in [0.4, 0.5) is 11.8 Å². The number of hydrogen-bond donors (Lipinski definition) is 0. The van der Waals surface area contributed by atoms with Crippen molar-refractivity contribution in [2.45, 2.75) is 12.8 Å². The average molecular weight is 397 g/mol. The van der Waals surface area contributed by atoms with Gasteiger partial charge in [-0.1, -0.05) is 12.1 Å². The van der Waals surface area contributed by atoms with Crippen LogP contribution in [0.25, 0.3) is 0 Å². The Kier molecular flexibility index (Phi) is 5.97. The quantitative estimate of drug-likeness (QED) is 0.736. The first-order valence-electron chi connectivity index (χ1n) is 10.1. The zero-order chi connectivity index (χ0) is 20.1. The summed E-state index contributed by atoms with van der Waals surface area (Å²) in [5.41, 5.74) is 0. The summed E-state index contributed by atoms with van der Waals surface area (Å²) in [4.78, 5) is 28.0. The van der Waals surface area contributed by atoms with Crippen LogP contribution in [0.2, 0.25) is 0 Å². The highest BCUT2D eigenvalue weighted by Crippen LogP contribution is 2.26. The number of piperazine rings is 1. The lowest BCUT2D eigenvalue weighted by molar-refractivity contribution is -0.133. The predicted octanol–water partition coefficient (Wildman–Crippen LogP) is 1.81. The van der Waals surface area contributed by atoms with E-state index in [-0.39, 0.29) is 12.5 Å². The molecule has 2 aliphatic rings. The van der Waals surface area contributed by atoms with E-state index in [2.05, 4.69) is 14.8 Å². The summed E-state index contributed by atoms with van der Waals surface area (Å²) >= 11 is 0. The molecular formula is C21H27N5O3. The van der Waals surface area contributed by atoms with Crippen LogP contribution in [0.5, 0.6) is 11.5 Å². The smallest absolute Gasteiger partial charge is 0.260 e. The van der Waals surface area contributed by atoms with Gasteiger partial charge in [-0.15, -0.1) is 0 Å². The summed E-state index contributed by atoms with van der Waals surface area (Å²) in [5.74, 6) is 2.93. The molecule has 0 aliphatic carbocycles. The normalized spacial score (nSPS) is 16.8. The van der Waals surface area contributed by atoms with Gasteiger partial charge in [-0.05, 0) is 31.0 Å². The first-order valence-corrected chi connectivity index (χ1v) is 10.1. The zero-order valence-electron chi connectivity index (χ0n) is 16.8. The van der Waals surface area contributed by atoms with Crippen molar-refractivity contribution in [3.05, 3.63) is 36.5 Å². The van der Waals surface area contributed by atoms with Crippen LogP contribution in [-0.4, -0.2) is 73.8 Å². The third-order valence-electron chi connectivity index (χ3n) is 5.39. The molecule has 2 aromatic rings. The first-order chi connectivity index (χ1) is 14.2. The number of nitrogens with zero attached hydrogens (tertiary/aromatic N) is 5. The number of rotatable bonds is 6. The van der Waals surface area contributed by atoms with Crippen LogP contribution in [0.3, 0.4) is 0 Å². The van der Waals surface area contributed by atoms with Crippen LogP contribution < -0.4 is 19.3 Å². The van der Waals surface area contributed by atoms with Crippen molar-refractivity contribution >= 4 is 17.7 Å². The molecule has 2 fully saturated rings. The monoisotopic (exact) mass is 397 g/mol. The van der Waals surface area contributed by atoms with Crippen molar-refractivity contribution in [2.24, 2.45) is 0 Å². The molecule has 3 heterocycles. The second-order valence-corrected chi connectivity index (χ2v) is 7.22. The Morgan fingerprint density at radius 1 is 0.966 bits per heavy atom. The summed E-state index contributed by atoms with van der Waals surface area (Å²) in [6, 6.07) is 9.30. The highest BCUT2D eigenvalue weighted by Gasteiger charge is 2.23. The van der Waals surface area contributed by atoms with Gasteiger partial charge in [0.2, 0.25) is 5.95 Å². The van der Waals surface area contributed by atoms with Crippen molar-refractivity contribution in [3.63, 3.8) is 0 Å². The molecule has 0 N–H and O–H groups in total. The number of carbonyl (C=O) groups is 1.